The minimum absolute atomic E-state index is 0.200. The molecule has 2 heterocycles. The first-order valence-electron chi connectivity index (χ1n) is 33.4. The van der Waals surface area contributed by atoms with Gasteiger partial charge >= 0.3 is 0 Å². The van der Waals surface area contributed by atoms with Crippen molar-refractivity contribution in [1.29, 1.82) is 0 Å². The summed E-state index contributed by atoms with van der Waals surface area (Å²) in [6.07, 6.45) is 43.7. The van der Waals surface area contributed by atoms with E-state index in [-0.39, 0.29) is 12.5 Å². The third kappa shape index (κ3) is 36.2. The predicted octanol–water partition coefficient (Wildman–Crippen LogP) is 12.6. The summed E-state index contributed by atoms with van der Waals surface area (Å²) in [5, 5.41) is 87.4. The minimum atomic E-state index is -1.78. The molecule has 0 saturated carbocycles. The van der Waals surface area contributed by atoms with Gasteiger partial charge in [-0.05, 0) is 38.5 Å². The van der Waals surface area contributed by atoms with Gasteiger partial charge in [-0.15, -0.1) is 0 Å². The van der Waals surface area contributed by atoms with Crippen LogP contribution in [0.1, 0.15) is 303 Å². The number of aliphatic hydroxyl groups excluding tert-OH is 8. The van der Waals surface area contributed by atoms with Crippen LogP contribution in [0.25, 0.3) is 0 Å². The quantitative estimate of drug-likeness (QED) is 0.0204. The Morgan fingerprint density at radius 3 is 1.20 bits per heavy atom. The van der Waals surface area contributed by atoms with E-state index >= 15 is 0 Å². The first-order valence-corrected chi connectivity index (χ1v) is 33.4. The molecule has 2 aliphatic rings. The maximum atomic E-state index is 13.3. The molecule has 0 spiro atoms. The summed E-state index contributed by atoms with van der Waals surface area (Å²) >= 11 is 0. The van der Waals surface area contributed by atoms with E-state index in [0.717, 1.165) is 51.4 Å². The second kappa shape index (κ2) is 51.2. The summed E-state index contributed by atoms with van der Waals surface area (Å²) in [7, 11) is 0. The Hall–Kier alpha value is -1.27. The molecule has 0 aliphatic carbocycles. The van der Waals surface area contributed by atoms with E-state index in [1.807, 2.05) is 0 Å². The fourth-order valence-electron chi connectivity index (χ4n) is 11.4. The lowest BCUT2D eigenvalue weighted by molar-refractivity contribution is -0.359. The molecule has 2 fully saturated rings. The van der Waals surface area contributed by atoms with Crippen LogP contribution in [0.15, 0.2) is 12.2 Å². The number of carbonyl (C=O) groups excluding carboxylic acids is 1. The van der Waals surface area contributed by atoms with Gasteiger partial charge in [0.2, 0.25) is 5.91 Å². The molecule has 2 saturated heterocycles. The Balaban J connectivity index is 1.65. The number of allylic oxidation sites excluding steroid dienone is 2. The summed E-state index contributed by atoms with van der Waals surface area (Å²) in [5.74, 6) is -0.200. The molecule has 0 radical (unpaired) electrons. The lowest BCUT2D eigenvalue weighted by Gasteiger charge is -2.46. The molecule has 12 atom stereocenters. The van der Waals surface area contributed by atoms with E-state index < -0.39 is 86.8 Å². The van der Waals surface area contributed by atoms with Crippen LogP contribution in [0.5, 0.6) is 0 Å². The van der Waals surface area contributed by atoms with Gasteiger partial charge in [-0.2, -0.15) is 0 Å². The number of rotatable bonds is 55. The molecule has 14 heteroatoms. The Kier molecular flexibility index (Phi) is 47.8. The zero-order valence-corrected chi connectivity index (χ0v) is 50.6. The third-order valence-electron chi connectivity index (χ3n) is 16.7. The normalized spacial score (nSPS) is 24.4. The fraction of sp³-hybridized carbons (Fsp3) is 0.954. The number of hydrogen-bond acceptors (Lipinski definition) is 13. The van der Waals surface area contributed by atoms with E-state index in [1.165, 1.54) is 225 Å². The maximum absolute atomic E-state index is 13.3. The van der Waals surface area contributed by atoms with E-state index in [9.17, 15) is 45.6 Å². The highest BCUT2D eigenvalue weighted by atomic mass is 16.7. The van der Waals surface area contributed by atoms with Crippen molar-refractivity contribution in [3.8, 4) is 0 Å². The highest BCUT2D eigenvalue weighted by Crippen LogP contribution is 2.30. The standard InChI is InChI=1S/C65H125NO13/c1-3-5-7-9-11-13-15-17-19-21-22-23-24-25-26-27-28-29-30-31-32-33-35-37-39-41-43-45-47-49-57(70)66-53(54(69)48-46-44-42-40-38-36-34-20-18-16-14-12-10-8-6-4-2)52-76-64-62(75)60(73)63(56(51-68)78-64)79-65-61(74)59(72)58(71)55(50-67)77-65/h21-22,53-56,58-65,67-69,71-75H,3-20,23-52H2,1-2H3,(H,66,70)/b22-21-. The van der Waals surface area contributed by atoms with Gasteiger partial charge in [0.15, 0.2) is 12.6 Å². The molecular formula is C65H125NO13. The van der Waals surface area contributed by atoms with E-state index in [0.29, 0.717) is 12.8 Å². The van der Waals surface area contributed by atoms with E-state index in [4.69, 9.17) is 18.9 Å². The van der Waals surface area contributed by atoms with Gasteiger partial charge in [0.1, 0.15) is 48.8 Å². The summed E-state index contributed by atoms with van der Waals surface area (Å²) in [6, 6.07) is -0.825. The van der Waals surface area contributed by atoms with Crippen LogP contribution in [0.4, 0.5) is 0 Å². The molecular weight excluding hydrogens is 1000 g/mol. The topological polar surface area (TPSA) is 228 Å². The maximum Gasteiger partial charge on any atom is 0.220 e. The lowest BCUT2D eigenvalue weighted by atomic mass is 9.97. The predicted molar refractivity (Wildman–Crippen MR) is 319 cm³/mol. The number of carbonyl (C=O) groups is 1. The number of nitrogens with one attached hydrogen (secondary N) is 1. The van der Waals surface area contributed by atoms with Gasteiger partial charge in [-0.1, -0.05) is 270 Å². The van der Waals surface area contributed by atoms with Crippen molar-refractivity contribution in [2.45, 2.75) is 376 Å². The van der Waals surface area contributed by atoms with Gasteiger partial charge in [0.25, 0.3) is 0 Å². The van der Waals surface area contributed by atoms with Gasteiger partial charge in [0, 0.05) is 6.42 Å². The van der Waals surface area contributed by atoms with Crippen molar-refractivity contribution < 1.29 is 64.6 Å². The minimum Gasteiger partial charge on any atom is -0.394 e. The van der Waals surface area contributed by atoms with Crippen molar-refractivity contribution in [3.05, 3.63) is 12.2 Å². The van der Waals surface area contributed by atoms with Crippen molar-refractivity contribution in [1.82, 2.24) is 5.32 Å². The van der Waals surface area contributed by atoms with E-state index in [1.54, 1.807) is 0 Å². The van der Waals surface area contributed by atoms with Crippen LogP contribution in [-0.4, -0.2) is 140 Å². The second-order valence-corrected chi connectivity index (χ2v) is 24.0. The molecule has 14 nitrogen and oxygen atoms in total. The Morgan fingerprint density at radius 1 is 0.443 bits per heavy atom. The largest absolute Gasteiger partial charge is 0.394 e. The molecule has 468 valence electrons. The molecule has 0 bridgehead atoms. The Morgan fingerprint density at radius 2 is 0.797 bits per heavy atom. The molecule has 12 unspecified atom stereocenters. The smallest absolute Gasteiger partial charge is 0.220 e. The van der Waals surface area contributed by atoms with Gasteiger partial charge < -0.3 is 65.1 Å². The monoisotopic (exact) mass is 1130 g/mol. The summed E-state index contributed by atoms with van der Waals surface area (Å²) in [5.41, 5.74) is 0. The molecule has 0 aromatic carbocycles. The molecule has 0 aromatic heterocycles. The zero-order chi connectivity index (χ0) is 57.4. The first-order chi connectivity index (χ1) is 38.6. The first kappa shape index (κ1) is 73.8. The summed E-state index contributed by atoms with van der Waals surface area (Å²) < 4.78 is 22.9. The van der Waals surface area contributed by atoms with Gasteiger partial charge in [-0.25, -0.2) is 0 Å². The molecule has 9 N–H and O–H groups in total. The zero-order valence-electron chi connectivity index (χ0n) is 50.6. The van der Waals surface area contributed by atoms with Crippen LogP contribution in [0, 0.1) is 0 Å². The Bertz CT molecular complexity index is 1380. The van der Waals surface area contributed by atoms with Crippen LogP contribution in [0.3, 0.4) is 0 Å². The molecule has 2 rings (SSSR count). The van der Waals surface area contributed by atoms with Gasteiger partial charge in [-0.3, -0.25) is 4.79 Å². The van der Waals surface area contributed by atoms with Crippen LogP contribution < -0.4 is 5.32 Å². The summed E-state index contributed by atoms with van der Waals surface area (Å²) in [6.45, 7) is 2.90. The van der Waals surface area contributed by atoms with Crippen LogP contribution >= 0.6 is 0 Å². The van der Waals surface area contributed by atoms with Crippen molar-refractivity contribution in [2.75, 3.05) is 19.8 Å². The molecule has 1 amide bonds. The number of unbranched alkanes of at least 4 members (excludes halogenated alkanes) is 40. The molecule has 2 aliphatic heterocycles. The lowest BCUT2D eigenvalue weighted by Crippen LogP contribution is -2.65. The highest BCUT2D eigenvalue weighted by molar-refractivity contribution is 5.76. The molecule has 0 aromatic rings. The average Bonchev–Trinajstić information content (AvgIpc) is 3.48. The second-order valence-electron chi connectivity index (χ2n) is 24.0. The van der Waals surface area contributed by atoms with Crippen molar-refractivity contribution in [3.63, 3.8) is 0 Å². The average molecular weight is 1130 g/mol. The van der Waals surface area contributed by atoms with Crippen LogP contribution in [0.2, 0.25) is 0 Å². The van der Waals surface area contributed by atoms with Crippen molar-refractivity contribution >= 4 is 5.91 Å². The molecule has 79 heavy (non-hydrogen) atoms. The van der Waals surface area contributed by atoms with E-state index in [2.05, 4.69) is 31.3 Å². The number of ether oxygens (including phenoxy) is 4. The highest BCUT2D eigenvalue weighted by Gasteiger charge is 2.51. The number of hydrogen-bond donors (Lipinski definition) is 9. The summed E-state index contributed by atoms with van der Waals surface area (Å²) in [4.78, 5) is 13.3. The number of aliphatic hydroxyl groups is 8. The fourth-order valence-corrected chi connectivity index (χ4v) is 11.4. The third-order valence-corrected chi connectivity index (χ3v) is 16.7. The number of amides is 1. The van der Waals surface area contributed by atoms with Crippen LogP contribution in [-0.2, 0) is 23.7 Å². The Labute approximate surface area is 482 Å². The SMILES string of the molecule is CCCCCCCCCC/C=C\CCCCCCCCCCCCCCCCCCCC(=O)NC(COC1OC(CO)C(OC2OC(CO)C(O)C(O)C2O)C(O)C1O)C(O)CCCCCCCCCCCCCCCCCC. The van der Waals surface area contributed by atoms with Gasteiger partial charge in [0.05, 0.1) is 32.0 Å². The van der Waals surface area contributed by atoms with Crippen molar-refractivity contribution in [2.24, 2.45) is 0 Å².